The molecule has 0 unspecified atom stereocenters. The van der Waals surface area contributed by atoms with Gasteiger partial charge in [-0.2, -0.15) is 0 Å². The fourth-order valence-electron chi connectivity index (χ4n) is 1.97. The number of pyridine rings is 1. The summed E-state index contributed by atoms with van der Waals surface area (Å²) in [6, 6.07) is 9.25. The fourth-order valence-corrected chi connectivity index (χ4v) is 1.97. The van der Waals surface area contributed by atoms with Crippen LogP contribution in [0.2, 0.25) is 0 Å². The van der Waals surface area contributed by atoms with Crippen LogP contribution in [0.4, 0.5) is 4.39 Å². The number of hydrogen-bond acceptors (Lipinski definition) is 4. The number of carbonyl (C=O) groups excluding carboxylic acids is 1. The lowest BCUT2D eigenvalue weighted by atomic mass is 10.2. The van der Waals surface area contributed by atoms with Crippen molar-refractivity contribution < 1.29 is 18.7 Å². The summed E-state index contributed by atoms with van der Waals surface area (Å²) in [6.07, 6.45) is 3.12. The summed E-state index contributed by atoms with van der Waals surface area (Å²) in [5.74, 6) is 0.445. The van der Waals surface area contributed by atoms with Crippen molar-refractivity contribution in [2.45, 2.75) is 12.8 Å². The van der Waals surface area contributed by atoms with Gasteiger partial charge < -0.3 is 14.8 Å². The van der Waals surface area contributed by atoms with Crippen LogP contribution in [0.15, 0.2) is 42.6 Å². The van der Waals surface area contributed by atoms with Crippen molar-refractivity contribution in [1.82, 2.24) is 10.3 Å². The monoisotopic (exact) mass is 318 g/mol. The Hall–Kier alpha value is -2.63. The minimum absolute atomic E-state index is 0.214. The quantitative estimate of drug-likeness (QED) is 0.760. The van der Waals surface area contributed by atoms with E-state index >= 15 is 0 Å². The summed E-state index contributed by atoms with van der Waals surface area (Å²) in [5.41, 5.74) is 0.414. The average Bonchev–Trinajstić information content (AvgIpc) is 2.59. The second kappa shape index (κ2) is 8.73. The van der Waals surface area contributed by atoms with Crippen molar-refractivity contribution in [1.29, 1.82) is 0 Å². The molecule has 1 heterocycles. The Balaban J connectivity index is 1.65. The molecule has 0 spiro atoms. The minimum Gasteiger partial charge on any atom is -0.494 e. The first-order valence-electron chi connectivity index (χ1n) is 7.36. The van der Waals surface area contributed by atoms with E-state index < -0.39 is 0 Å². The predicted octanol–water partition coefficient (Wildman–Crippen LogP) is 2.82. The molecule has 0 saturated carbocycles. The van der Waals surface area contributed by atoms with Gasteiger partial charge >= 0.3 is 0 Å². The number of rotatable bonds is 8. The Morgan fingerprint density at radius 2 is 2.00 bits per heavy atom. The Bertz CT molecular complexity index is 632. The van der Waals surface area contributed by atoms with Gasteiger partial charge in [0.05, 0.1) is 13.7 Å². The largest absolute Gasteiger partial charge is 0.494 e. The van der Waals surface area contributed by atoms with Crippen molar-refractivity contribution in [3.05, 3.63) is 54.0 Å². The molecule has 0 aliphatic carbocycles. The summed E-state index contributed by atoms with van der Waals surface area (Å²) in [4.78, 5) is 16.0. The van der Waals surface area contributed by atoms with Crippen molar-refractivity contribution in [2.75, 3.05) is 20.3 Å². The van der Waals surface area contributed by atoms with Crippen LogP contribution in [0.25, 0.3) is 0 Å². The van der Waals surface area contributed by atoms with Crippen LogP contribution in [0.5, 0.6) is 11.6 Å². The zero-order valence-electron chi connectivity index (χ0n) is 12.9. The van der Waals surface area contributed by atoms with Gasteiger partial charge in [0, 0.05) is 12.7 Å². The Labute approximate surface area is 134 Å². The first-order valence-corrected chi connectivity index (χ1v) is 7.36. The molecular weight excluding hydrogens is 299 g/mol. The van der Waals surface area contributed by atoms with Gasteiger partial charge in [0.1, 0.15) is 17.1 Å². The molecule has 1 aromatic carbocycles. The van der Waals surface area contributed by atoms with Crippen molar-refractivity contribution in [3.63, 3.8) is 0 Å². The van der Waals surface area contributed by atoms with E-state index in [0.717, 1.165) is 12.8 Å². The van der Waals surface area contributed by atoms with E-state index in [2.05, 4.69) is 10.3 Å². The maximum absolute atomic E-state index is 12.7. The zero-order valence-corrected chi connectivity index (χ0v) is 12.9. The molecule has 1 N–H and O–H groups in total. The predicted molar refractivity (Wildman–Crippen MR) is 84.3 cm³/mol. The average molecular weight is 318 g/mol. The summed E-state index contributed by atoms with van der Waals surface area (Å²) in [7, 11) is 1.48. The van der Waals surface area contributed by atoms with Gasteiger partial charge in [-0.15, -0.1) is 0 Å². The second-order valence-electron chi connectivity index (χ2n) is 4.83. The van der Waals surface area contributed by atoms with Crippen LogP contribution in [0.1, 0.15) is 23.2 Å². The van der Waals surface area contributed by atoms with Gasteiger partial charge in [-0.25, -0.2) is 9.37 Å². The highest BCUT2D eigenvalue weighted by Crippen LogP contribution is 2.13. The van der Waals surface area contributed by atoms with E-state index in [0.29, 0.717) is 30.3 Å². The SMILES string of the molecule is COc1ncccc1C(=O)NCCCCOc1ccc(F)cc1. The molecule has 0 saturated heterocycles. The van der Waals surface area contributed by atoms with E-state index in [-0.39, 0.29) is 11.7 Å². The third-order valence-electron chi connectivity index (χ3n) is 3.15. The normalized spacial score (nSPS) is 10.2. The number of unbranched alkanes of at least 4 members (excludes halogenated alkanes) is 1. The van der Waals surface area contributed by atoms with Crippen LogP contribution in [-0.4, -0.2) is 31.2 Å². The molecule has 0 fully saturated rings. The van der Waals surface area contributed by atoms with E-state index in [9.17, 15) is 9.18 Å². The Morgan fingerprint density at radius 1 is 1.22 bits per heavy atom. The van der Waals surface area contributed by atoms with E-state index in [1.165, 1.54) is 19.2 Å². The molecule has 1 aromatic heterocycles. The number of carbonyl (C=O) groups is 1. The lowest BCUT2D eigenvalue weighted by molar-refractivity contribution is 0.0948. The van der Waals surface area contributed by atoms with E-state index in [1.807, 2.05) is 0 Å². The third kappa shape index (κ3) is 5.25. The number of methoxy groups -OCH3 is 1. The summed E-state index contributed by atoms with van der Waals surface area (Å²) in [5, 5.41) is 2.82. The van der Waals surface area contributed by atoms with Crippen LogP contribution >= 0.6 is 0 Å². The van der Waals surface area contributed by atoms with Gasteiger partial charge in [-0.05, 0) is 49.2 Å². The molecule has 23 heavy (non-hydrogen) atoms. The molecule has 1 amide bonds. The number of nitrogens with zero attached hydrogens (tertiary/aromatic N) is 1. The molecule has 0 aliphatic rings. The molecule has 6 heteroatoms. The van der Waals surface area contributed by atoms with E-state index in [4.69, 9.17) is 9.47 Å². The zero-order chi connectivity index (χ0) is 16.5. The highest BCUT2D eigenvalue weighted by atomic mass is 19.1. The standard InChI is InChI=1S/C17H19FN2O3/c1-22-17-15(5-4-11-20-17)16(21)19-10-2-3-12-23-14-8-6-13(18)7-9-14/h4-9,11H,2-3,10,12H2,1H3,(H,19,21). The van der Waals surface area contributed by atoms with Crippen LogP contribution in [-0.2, 0) is 0 Å². The van der Waals surface area contributed by atoms with Gasteiger partial charge in [0.25, 0.3) is 5.91 Å². The maximum Gasteiger partial charge on any atom is 0.256 e. The lowest BCUT2D eigenvalue weighted by Crippen LogP contribution is -2.25. The van der Waals surface area contributed by atoms with Gasteiger partial charge in [0.2, 0.25) is 5.88 Å². The molecule has 2 rings (SSSR count). The topological polar surface area (TPSA) is 60.5 Å². The first-order chi connectivity index (χ1) is 11.2. The summed E-state index contributed by atoms with van der Waals surface area (Å²) < 4.78 is 23.3. The van der Waals surface area contributed by atoms with E-state index in [1.54, 1.807) is 30.5 Å². The number of hydrogen-bond donors (Lipinski definition) is 1. The molecule has 2 aromatic rings. The number of aromatic nitrogens is 1. The Kier molecular flexibility index (Phi) is 6.35. The van der Waals surface area contributed by atoms with Crippen molar-refractivity contribution in [2.24, 2.45) is 0 Å². The second-order valence-corrected chi connectivity index (χ2v) is 4.83. The highest BCUT2D eigenvalue weighted by Gasteiger charge is 2.11. The molecule has 5 nitrogen and oxygen atoms in total. The minimum atomic E-state index is -0.286. The number of halogens is 1. The first kappa shape index (κ1) is 16.7. The fraction of sp³-hybridized carbons (Fsp3) is 0.294. The molecule has 0 bridgehead atoms. The summed E-state index contributed by atoms with van der Waals surface area (Å²) in [6.45, 7) is 1.04. The molecule has 0 atom stereocenters. The molecule has 0 aliphatic heterocycles. The van der Waals surface area contributed by atoms with Gasteiger partial charge in [-0.3, -0.25) is 4.79 Å². The lowest BCUT2D eigenvalue weighted by Gasteiger charge is -2.09. The molecule has 0 radical (unpaired) electrons. The smallest absolute Gasteiger partial charge is 0.256 e. The number of nitrogens with one attached hydrogen (secondary N) is 1. The number of amides is 1. The third-order valence-corrected chi connectivity index (χ3v) is 3.15. The van der Waals surface area contributed by atoms with Crippen molar-refractivity contribution in [3.8, 4) is 11.6 Å². The molecular formula is C17H19FN2O3. The van der Waals surface area contributed by atoms with Gasteiger partial charge in [-0.1, -0.05) is 0 Å². The Morgan fingerprint density at radius 3 is 2.74 bits per heavy atom. The van der Waals surface area contributed by atoms with Crippen molar-refractivity contribution >= 4 is 5.91 Å². The van der Waals surface area contributed by atoms with Gasteiger partial charge in [0.15, 0.2) is 0 Å². The highest BCUT2D eigenvalue weighted by molar-refractivity contribution is 5.96. The number of benzene rings is 1. The summed E-state index contributed by atoms with van der Waals surface area (Å²) >= 11 is 0. The van der Waals surface area contributed by atoms with Crippen LogP contribution in [0.3, 0.4) is 0 Å². The number of ether oxygens (including phenoxy) is 2. The maximum atomic E-state index is 12.7. The van der Waals surface area contributed by atoms with Crippen LogP contribution in [0, 0.1) is 5.82 Å². The molecule has 122 valence electrons. The van der Waals surface area contributed by atoms with Crippen LogP contribution < -0.4 is 14.8 Å².